The summed E-state index contributed by atoms with van der Waals surface area (Å²) < 4.78 is 51.4. The molecule has 2 rings (SSSR count). The molecule has 2 fully saturated rings. The fourth-order valence-corrected chi connectivity index (χ4v) is 2.89. The van der Waals surface area contributed by atoms with Crippen molar-refractivity contribution in [3.05, 3.63) is 0 Å². The maximum Gasteiger partial charge on any atom is 0.417 e. The average molecular weight is 244 g/mol. The van der Waals surface area contributed by atoms with E-state index in [1.165, 1.54) is 0 Å². The Kier molecular flexibility index (Phi) is 3.50. The fourth-order valence-electron chi connectivity index (χ4n) is 1.62. The monoisotopic (exact) mass is 244 g/mol. The second kappa shape index (κ2) is 4.53. The van der Waals surface area contributed by atoms with Crippen molar-refractivity contribution in [1.82, 2.24) is 0 Å². The molecule has 88 valence electrons. The van der Waals surface area contributed by atoms with Gasteiger partial charge in [0, 0.05) is 0 Å². The second-order valence-corrected chi connectivity index (χ2v) is 4.79. The van der Waals surface area contributed by atoms with Crippen LogP contribution in [0.25, 0.3) is 0 Å². The Morgan fingerprint density at radius 2 is 1.87 bits per heavy atom. The Labute approximate surface area is 86.9 Å². The predicted octanol–water partition coefficient (Wildman–Crippen LogP) is 3.15. The molecule has 0 aromatic carbocycles. The molecule has 3 nitrogen and oxygen atoms in total. The molecular formula is C8H12F3O3P. The molecule has 0 spiro atoms. The van der Waals surface area contributed by atoms with E-state index in [1.807, 2.05) is 0 Å². The molecule has 0 aromatic heterocycles. The Hall–Kier alpha value is 0.100. The van der Waals surface area contributed by atoms with Crippen molar-refractivity contribution in [2.24, 2.45) is 0 Å². The van der Waals surface area contributed by atoms with Gasteiger partial charge in [0.1, 0.15) is 0 Å². The summed E-state index contributed by atoms with van der Waals surface area (Å²) in [7, 11) is -1.78. The lowest BCUT2D eigenvalue weighted by Gasteiger charge is -2.15. The zero-order valence-corrected chi connectivity index (χ0v) is 8.89. The van der Waals surface area contributed by atoms with Gasteiger partial charge < -0.3 is 9.05 Å². The normalized spacial score (nSPS) is 33.8. The molecule has 1 aliphatic heterocycles. The van der Waals surface area contributed by atoms with E-state index in [1.54, 1.807) is 0 Å². The van der Waals surface area contributed by atoms with Gasteiger partial charge in [0.05, 0.1) is 12.7 Å². The zero-order valence-electron chi connectivity index (χ0n) is 8.00. The molecule has 1 heterocycles. The quantitative estimate of drug-likeness (QED) is 0.698. The van der Waals surface area contributed by atoms with E-state index in [9.17, 15) is 13.2 Å². The molecule has 1 aliphatic carbocycles. The van der Waals surface area contributed by atoms with Gasteiger partial charge in [-0.1, -0.05) is 12.8 Å². The van der Waals surface area contributed by atoms with E-state index >= 15 is 0 Å². The Bertz CT molecular complexity index is 218. The van der Waals surface area contributed by atoms with Gasteiger partial charge in [0.2, 0.25) is 0 Å². The smallest absolute Gasteiger partial charge is 0.309 e. The van der Waals surface area contributed by atoms with Crippen molar-refractivity contribution < 1.29 is 26.7 Å². The van der Waals surface area contributed by atoms with Crippen LogP contribution in [0.3, 0.4) is 0 Å². The van der Waals surface area contributed by atoms with Gasteiger partial charge in [0.25, 0.3) is 0 Å². The summed E-state index contributed by atoms with van der Waals surface area (Å²) in [5.74, 6) is 0. The molecule has 2 atom stereocenters. The Morgan fingerprint density at radius 3 is 2.40 bits per heavy atom. The highest BCUT2D eigenvalue weighted by atomic mass is 31.2. The van der Waals surface area contributed by atoms with E-state index in [0.717, 1.165) is 25.7 Å². The minimum absolute atomic E-state index is 0.0168. The molecule has 0 radical (unpaired) electrons. The standard InChI is InChI=1S/C8H12F3O3P/c9-8(10,11)7-5-12-15(14-7)13-6-3-1-2-4-6/h6-7H,1-5H2. The van der Waals surface area contributed by atoms with Crippen LogP contribution in [0.5, 0.6) is 0 Å². The first-order valence-electron chi connectivity index (χ1n) is 4.89. The van der Waals surface area contributed by atoms with Crippen molar-refractivity contribution in [2.75, 3.05) is 6.61 Å². The highest BCUT2D eigenvalue weighted by Gasteiger charge is 2.48. The van der Waals surface area contributed by atoms with Gasteiger partial charge in [-0.3, -0.25) is 4.52 Å². The van der Waals surface area contributed by atoms with Crippen LogP contribution in [-0.4, -0.2) is 25.0 Å². The van der Waals surface area contributed by atoms with Gasteiger partial charge in [-0.05, 0) is 12.8 Å². The molecule has 2 unspecified atom stereocenters. The summed E-state index contributed by atoms with van der Waals surface area (Å²) in [6.45, 7) is -0.443. The van der Waals surface area contributed by atoms with E-state index in [4.69, 9.17) is 9.05 Å². The minimum atomic E-state index is -4.35. The van der Waals surface area contributed by atoms with Gasteiger partial charge in [-0.25, -0.2) is 0 Å². The van der Waals surface area contributed by atoms with E-state index in [2.05, 4.69) is 4.52 Å². The average Bonchev–Trinajstić information content (AvgIpc) is 2.73. The maximum absolute atomic E-state index is 12.2. The van der Waals surface area contributed by atoms with E-state index in [0.29, 0.717) is 0 Å². The second-order valence-electron chi connectivity index (χ2n) is 3.67. The van der Waals surface area contributed by atoms with E-state index < -0.39 is 27.5 Å². The minimum Gasteiger partial charge on any atom is -0.309 e. The number of alkyl halides is 3. The van der Waals surface area contributed by atoms with Crippen LogP contribution < -0.4 is 0 Å². The molecule has 0 bridgehead atoms. The molecule has 0 amide bonds. The first-order chi connectivity index (χ1) is 7.05. The number of halogens is 3. The maximum atomic E-state index is 12.2. The first kappa shape index (κ1) is 11.6. The summed E-state index contributed by atoms with van der Waals surface area (Å²) in [5.41, 5.74) is 0. The van der Waals surface area contributed by atoms with Crippen LogP contribution in [-0.2, 0) is 13.6 Å². The van der Waals surface area contributed by atoms with Gasteiger partial charge >= 0.3 is 14.8 Å². The van der Waals surface area contributed by atoms with Crippen molar-refractivity contribution in [1.29, 1.82) is 0 Å². The summed E-state index contributed by atoms with van der Waals surface area (Å²) >= 11 is 0. The van der Waals surface area contributed by atoms with Crippen LogP contribution in [0.15, 0.2) is 0 Å². The Balaban J connectivity index is 1.77. The summed E-state index contributed by atoms with van der Waals surface area (Å²) in [4.78, 5) is 0. The van der Waals surface area contributed by atoms with Crippen LogP contribution in [0, 0.1) is 0 Å². The lowest BCUT2D eigenvalue weighted by molar-refractivity contribution is -0.190. The molecule has 0 aromatic rings. The van der Waals surface area contributed by atoms with Crippen molar-refractivity contribution in [3.63, 3.8) is 0 Å². The van der Waals surface area contributed by atoms with E-state index in [-0.39, 0.29) is 6.10 Å². The highest BCUT2D eigenvalue weighted by molar-refractivity contribution is 7.42. The number of hydrogen-bond acceptors (Lipinski definition) is 3. The van der Waals surface area contributed by atoms with Gasteiger partial charge in [0.15, 0.2) is 6.10 Å². The number of rotatable bonds is 2. The van der Waals surface area contributed by atoms with Crippen molar-refractivity contribution in [3.8, 4) is 0 Å². The highest BCUT2D eigenvalue weighted by Crippen LogP contribution is 2.51. The van der Waals surface area contributed by atoms with Crippen molar-refractivity contribution in [2.45, 2.75) is 44.1 Å². The van der Waals surface area contributed by atoms with Crippen LogP contribution in [0.1, 0.15) is 25.7 Å². The zero-order chi connectivity index (χ0) is 10.9. The number of hydrogen-bond donors (Lipinski definition) is 0. The molecule has 1 saturated heterocycles. The molecule has 15 heavy (non-hydrogen) atoms. The molecule has 2 aliphatic rings. The lowest BCUT2D eigenvalue weighted by Crippen LogP contribution is -2.30. The summed E-state index contributed by atoms with van der Waals surface area (Å²) in [6, 6.07) is 0. The van der Waals surface area contributed by atoms with Crippen LogP contribution in [0.4, 0.5) is 13.2 Å². The third-order valence-electron chi connectivity index (χ3n) is 2.45. The first-order valence-corrected chi connectivity index (χ1v) is 5.98. The molecule has 0 N–H and O–H groups in total. The summed E-state index contributed by atoms with van der Waals surface area (Å²) in [6.07, 6.45) is -2.23. The fraction of sp³-hybridized carbons (Fsp3) is 1.00. The van der Waals surface area contributed by atoms with Crippen LogP contribution >= 0.6 is 8.60 Å². The predicted molar refractivity (Wildman–Crippen MR) is 47.1 cm³/mol. The topological polar surface area (TPSA) is 27.7 Å². The third kappa shape index (κ3) is 3.03. The molecular weight excluding hydrogens is 232 g/mol. The lowest BCUT2D eigenvalue weighted by atomic mass is 10.3. The summed E-state index contributed by atoms with van der Waals surface area (Å²) in [5, 5.41) is 0. The van der Waals surface area contributed by atoms with Crippen LogP contribution in [0.2, 0.25) is 0 Å². The van der Waals surface area contributed by atoms with Gasteiger partial charge in [-0.15, -0.1) is 0 Å². The SMILES string of the molecule is FC(F)(F)C1COP(OC2CCCC2)O1. The third-order valence-corrected chi connectivity index (χ3v) is 3.70. The Morgan fingerprint density at radius 1 is 1.20 bits per heavy atom. The molecule has 1 saturated carbocycles. The molecule has 7 heteroatoms. The van der Waals surface area contributed by atoms with Gasteiger partial charge in [-0.2, -0.15) is 13.2 Å². The largest absolute Gasteiger partial charge is 0.417 e. The van der Waals surface area contributed by atoms with Crippen molar-refractivity contribution >= 4 is 8.60 Å².